The molecule has 2 aromatic rings. The number of hydrogen-bond acceptors (Lipinski definition) is 1. The summed E-state index contributed by atoms with van der Waals surface area (Å²) in [6, 6.07) is 12.6. The topological polar surface area (TPSA) is 26.0 Å². The third-order valence-electron chi connectivity index (χ3n) is 3.10. The Kier molecular flexibility index (Phi) is 2.69. The van der Waals surface area contributed by atoms with Crippen molar-refractivity contribution in [3.63, 3.8) is 0 Å². The number of hydrogen-bond donors (Lipinski definition) is 1. The molecule has 82 valence electrons. The molecule has 16 heavy (non-hydrogen) atoms. The molecule has 2 aromatic carbocycles. The second-order valence-electron chi connectivity index (χ2n) is 4.34. The van der Waals surface area contributed by atoms with Crippen molar-refractivity contribution >= 4 is 5.69 Å². The van der Waals surface area contributed by atoms with Crippen LogP contribution in [-0.2, 0) is 0 Å². The molecule has 0 unspecified atom stereocenters. The van der Waals surface area contributed by atoms with Crippen LogP contribution in [-0.4, -0.2) is 0 Å². The quantitative estimate of drug-likeness (QED) is 0.712. The minimum Gasteiger partial charge on any atom is -0.398 e. The van der Waals surface area contributed by atoms with Crippen molar-refractivity contribution < 1.29 is 0 Å². The van der Waals surface area contributed by atoms with Crippen LogP contribution in [0.4, 0.5) is 5.69 Å². The zero-order chi connectivity index (χ0) is 11.7. The van der Waals surface area contributed by atoms with Gasteiger partial charge in [0.15, 0.2) is 0 Å². The molecule has 1 nitrogen and oxygen atoms in total. The van der Waals surface area contributed by atoms with Crippen molar-refractivity contribution in [3.05, 3.63) is 53.1 Å². The van der Waals surface area contributed by atoms with Crippen LogP contribution in [0.5, 0.6) is 0 Å². The van der Waals surface area contributed by atoms with E-state index in [-0.39, 0.29) is 0 Å². The number of anilines is 1. The predicted octanol–water partition coefficient (Wildman–Crippen LogP) is 3.86. The van der Waals surface area contributed by atoms with Crippen molar-refractivity contribution in [2.75, 3.05) is 5.73 Å². The predicted molar refractivity (Wildman–Crippen MR) is 70.5 cm³/mol. The van der Waals surface area contributed by atoms with Crippen LogP contribution < -0.4 is 5.73 Å². The van der Waals surface area contributed by atoms with Crippen LogP contribution in [0.1, 0.15) is 16.7 Å². The number of nitrogen functional groups attached to an aromatic ring is 1. The molecule has 0 spiro atoms. The van der Waals surface area contributed by atoms with Crippen LogP contribution >= 0.6 is 0 Å². The second-order valence-corrected chi connectivity index (χ2v) is 4.34. The van der Waals surface area contributed by atoms with Gasteiger partial charge in [-0.1, -0.05) is 24.3 Å². The Labute approximate surface area is 96.9 Å². The molecule has 1 heteroatoms. The number of aryl methyl sites for hydroxylation is 3. The average molecular weight is 211 g/mol. The Morgan fingerprint density at radius 1 is 0.750 bits per heavy atom. The molecule has 0 radical (unpaired) electrons. The molecule has 0 heterocycles. The maximum Gasteiger partial charge on any atom is 0.0396 e. The molecule has 0 aromatic heterocycles. The molecule has 0 aliphatic rings. The Morgan fingerprint density at radius 3 is 2.06 bits per heavy atom. The molecular formula is C15H17N. The normalized spacial score (nSPS) is 10.4. The molecule has 2 rings (SSSR count). The molecule has 0 amide bonds. The van der Waals surface area contributed by atoms with Gasteiger partial charge in [-0.15, -0.1) is 0 Å². The van der Waals surface area contributed by atoms with Gasteiger partial charge in [0.2, 0.25) is 0 Å². The SMILES string of the molecule is Cc1cc(N)c(-c2ccccc2C)cc1C. The summed E-state index contributed by atoms with van der Waals surface area (Å²) in [7, 11) is 0. The maximum absolute atomic E-state index is 6.09. The van der Waals surface area contributed by atoms with Crippen molar-refractivity contribution in [1.29, 1.82) is 0 Å². The van der Waals surface area contributed by atoms with Crippen molar-refractivity contribution in [1.82, 2.24) is 0 Å². The van der Waals surface area contributed by atoms with Crippen LogP contribution in [0.2, 0.25) is 0 Å². The smallest absolute Gasteiger partial charge is 0.0396 e. The molecule has 0 aliphatic carbocycles. The van der Waals surface area contributed by atoms with Gasteiger partial charge in [-0.25, -0.2) is 0 Å². The summed E-state index contributed by atoms with van der Waals surface area (Å²) < 4.78 is 0. The highest BCUT2D eigenvalue weighted by Gasteiger charge is 2.06. The Bertz CT molecular complexity index is 527. The first-order valence-corrected chi connectivity index (χ1v) is 5.52. The van der Waals surface area contributed by atoms with E-state index in [9.17, 15) is 0 Å². The third kappa shape index (κ3) is 1.81. The first-order chi connectivity index (χ1) is 7.59. The van der Waals surface area contributed by atoms with Crippen molar-refractivity contribution in [2.24, 2.45) is 0 Å². The van der Waals surface area contributed by atoms with E-state index in [1.807, 2.05) is 0 Å². The average Bonchev–Trinajstić information content (AvgIpc) is 2.25. The zero-order valence-corrected chi connectivity index (χ0v) is 10.0. The summed E-state index contributed by atoms with van der Waals surface area (Å²) >= 11 is 0. The van der Waals surface area contributed by atoms with Gasteiger partial charge in [-0.3, -0.25) is 0 Å². The Hall–Kier alpha value is -1.76. The fraction of sp³-hybridized carbons (Fsp3) is 0.200. The second kappa shape index (κ2) is 4.01. The van der Waals surface area contributed by atoms with Crippen molar-refractivity contribution in [3.8, 4) is 11.1 Å². The lowest BCUT2D eigenvalue weighted by molar-refractivity contribution is 1.34. The van der Waals surface area contributed by atoms with Crippen LogP contribution in [0.15, 0.2) is 36.4 Å². The summed E-state index contributed by atoms with van der Waals surface area (Å²) in [6.07, 6.45) is 0. The highest BCUT2D eigenvalue weighted by Crippen LogP contribution is 2.30. The van der Waals surface area contributed by atoms with Gasteiger partial charge in [0.05, 0.1) is 0 Å². The third-order valence-corrected chi connectivity index (χ3v) is 3.10. The van der Waals surface area contributed by atoms with E-state index in [1.165, 1.54) is 22.3 Å². The van der Waals surface area contributed by atoms with E-state index >= 15 is 0 Å². The van der Waals surface area contributed by atoms with E-state index in [0.29, 0.717) is 0 Å². The summed E-state index contributed by atoms with van der Waals surface area (Å²) in [5.41, 5.74) is 13.1. The molecule has 0 aliphatic heterocycles. The van der Waals surface area contributed by atoms with Crippen LogP contribution in [0.25, 0.3) is 11.1 Å². The summed E-state index contributed by atoms with van der Waals surface area (Å²) in [4.78, 5) is 0. The lowest BCUT2D eigenvalue weighted by Gasteiger charge is -2.11. The molecule has 0 saturated heterocycles. The zero-order valence-electron chi connectivity index (χ0n) is 10.0. The number of nitrogens with two attached hydrogens (primary N) is 1. The molecule has 0 atom stereocenters. The monoisotopic (exact) mass is 211 g/mol. The van der Waals surface area contributed by atoms with Crippen LogP contribution in [0.3, 0.4) is 0 Å². The summed E-state index contributed by atoms with van der Waals surface area (Å²) in [5, 5.41) is 0. The number of rotatable bonds is 1. The summed E-state index contributed by atoms with van der Waals surface area (Å²) in [5.74, 6) is 0. The Balaban J connectivity index is 2.65. The lowest BCUT2D eigenvalue weighted by atomic mass is 9.95. The first-order valence-electron chi connectivity index (χ1n) is 5.52. The van der Waals surface area contributed by atoms with Gasteiger partial charge < -0.3 is 5.73 Å². The largest absolute Gasteiger partial charge is 0.398 e. The van der Waals surface area contributed by atoms with Crippen LogP contribution in [0, 0.1) is 20.8 Å². The molecule has 0 fully saturated rings. The molecule has 0 saturated carbocycles. The van der Waals surface area contributed by atoms with Gasteiger partial charge in [-0.05, 0) is 55.2 Å². The van der Waals surface area contributed by atoms with E-state index in [4.69, 9.17) is 5.73 Å². The molecule has 2 N–H and O–H groups in total. The first kappa shape index (κ1) is 10.7. The van der Waals surface area contributed by atoms with Gasteiger partial charge in [0.1, 0.15) is 0 Å². The van der Waals surface area contributed by atoms with Gasteiger partial charge in [0, 0.05) is 11.3 Å². The fourth-order valence-corrected chi connectivity index (χ4v) is 1.95. The van der Waals surface area contributed by atoms with Gasteiger partial charge >= 0.3 is 0 Å². The highest BCUT2D eigenvalue weighted by atomic mass is 14.6. The van der Waals surface area contributed by atoms with E-state index in [0.717, 1.165) is 11.3 Å². The van der Waals surface area contributed by atoms with Crippen molar-refractivity contribution in [2.45, 2.75) is 20.8 Å². The minimum atomic E-state index is 0.859. The maximum atomic E-state index is 6.09. The molecule has 0 bridgehead atoms. The van der Waals surface area contributed by atoms with E-state index < -0.39 is 0 Å². The number of benzene rings is 2. The van der Waals surface area contributed by atoms with Gasteiger partial charge in [-0.2, -0.15) is 0 Å². The van der Waals surface area contributed by atoms with E-state index in [2.05, 4.69) is 57.2 Å². The standard InChI is InChI=1S/C15H17N/c1-10-6-4-5-7-13(10)14-8-11(2)12(3)9-15(14)16/h4-9H,16H2,1-3H3. The molecular weight excluding hydrogens is 194 g/mol. The minimum absolute atomic E-state index is 0.859. The highest BCUT2D eigenvalue weighted by molar-refractivity contribution is 5.79. The van der Waals surface area contributed by atoms with E-state index in [1.54, 1.807) is 0 Å². The Morgan fingerprint density at radius 2 is 1.38 bits per heavy atom. The summed E-state index contributed by atoms with van der Waals surface area (Å²) in [6.45, 7) is 6.33. The van der Waals surface area contributed by atoms with Gasteiger partial charge in [0.25, 0.3) is 0 Å². The lowest BCUT2D eigenvalue weighted by Crippen LogP contribution is -1.94. The fourth-order valence-electron chi connectivity index (χ4n) is 1.95.